The summed E-state index contributed by atoms with van der Waals surface area (Å²) in [5.41, 5.74) is 2.21. The molecule has 0 spiro atoms. The summed E-state index contributed by atoms with van der Waals surface area (Å²) in [6.45, 7) is 0.530. The quantitative estimate of drug-likeness (QED) is 0.670. The Kier molecular flexibility index (Phi) is 6.52. The number of hydrogen-bond acceptors (Lipinski definition) is 5. The van der Waals surface area contributed by atoms with E-state index in [-0.39, 0.29) is 17.5 Å². The van der Waals surface area contributed by atoms with Crippen LogP contribution in [0, 0.1) is 0 Å². The molecule has 2 aromatic heterocycles. The fourth-order valence-corrected chi connectivity index (χ4v) is 2.77. The third kappa shape index (κ3) is 5.16. The maximum atomic E-state index is 12.7. The zero-order valence-corrected chi connectivity index (χ0v) is 16.3. The summed E-state index contributed by atoms with van der Waals surface area (Å²) in [5.74, 6) is -0.0292. The van der Waals surface area contributed by atoms with E-state index in [1.807, 2.05) is 18.2 Å². The molecule has 7 nitrogen and oxygen atoms in total. The maximum absolute atomic E-state index is 12.7. The fourth-order valence-electron chi connectivity index (χ4n) is 2.77. The predicted octanol–water partition coefficient (Wildman–Crippen LogP) is 3.05. The average molecular weight is 390 g/mol. The first-order valence-corrected chi connectivity index (χ1v) is 9.13. The molecule has 2 heterocycles. The standard InChI is InChI=1S/C22H22N4O3/c1-26(14-10-16-7-11-23-12-8-16)22(28)19-15-17(9-13-24-19)21(27)25-18-5-3-4-6-20(18)29-2/h3-9,11-13,15H,10,14H2,1-2H3,(H,25,27). The van der Waals surface area contributed by atoms with E-state index in [1.165, 1.54) is 19.4 Å². The van der Waals surface area contributed by atoms with Crippen LogP contribution in [-0.4, -0.2) is 47.4 Å². The van der Waals surface area contributed by atoms with E-state index in [2.05, 4.69) is 15.3 Å². The van der Waals surface area contributed by atoms with Crippen molar-refractivity contribution < 1.29 is 14.3 Å². The Balaban J connectivity index is 1.67. The number of likely N-dealkylation sites (N-methyl/N-ethyl adjacent to an activating group) is 1. The summed E-state index contributed by atoms with van der Waals surface area (Å²) in [6.07, 6.45) is 5.62. The topological polar surface area (TPSA) is 84.4 Å². The van der Waals surface area contributed by atoms with Crippen LogP contribution < -0.4 is 10.1 Å². The van der Waals surface area contributed by atoms with Gasteiger partial charge in [0.25, 0.3) is 11.8 Å². The molecule has 0 atom stereocenters. The largest absolute Gasteiger partial charge is 0.495 e. The normalized spacial score (nSPS) is 10.3. The number of aromatic nitrogens is 2. The summed E-state index contributed by atoms with van der Waals surface area (Å²) >= 11 is 0. The molecule has 2 amide bonds. The van der Waals surface area contributed by atoms with Crippen molar-refractivity contribution in [1.29, 1.82) is 0 Å². The van der Waals surface area contributed by atoms with Gasteiger partial charge in [0.2, 0.25) is 0 Å². The number of hydrogen-bond donors (Lipinski definition) is 1. The van der Waals surface area contributed by atoms with Crippen molar-refractivity contribution >= 4 is 17.5 Å². The smallest absolute Gasteiger partial charge is 0.272 e. The van der Waals surface area contributed by atoms with E-state index < -0.39 is 0 Å². The molecule has 1 N–H and O–H groups in total. The molecule has 148 valence electrons. The molecule has 1 aromatic carbocycles. The number of rotatable bonds is 7. The van der Waals surface area contributed by atoms with Crippen LogP contribution in [0.4, 0.5) is 5.69 Å². The summed E-state index contributed by atoms with van der Waals surface area (Å²) in [4.78, 5) is 35.0. The minimum absolute atomic E-state index is 0.218. The van der Waals surface area contributed by atoms with Gasteiger partial charge in [-0.1, -0.05) is 12.1 Å². The number of carbonyl (C=O) groups excluding carboxylic acids is 2. The van der Waals surface area contributed by atoms with E-state index in [9.17, 15) is 9.59 Å². The number of pyridine rings is 2. The molecular formula is C22H22N4O3. The number of ether oxygens (including phenoxy) is 1. The number of anilines is 1. The van der Waals surface area contributed by atoms with E-state index in [1.54, 1.807) is 48.6 Å². The summed E-state index contributed by atoms with van der Waals surface area (Å²) in [7, 11) is 3.25. The molecule has 0 aliphatic carbocycles. The second-order valence-corrected chi connectivity index (χ2v) is 6.42. The molecule has 3 aromatic rings. The number of nitrogens with one attached hydrogen (secondary N) is 1. The first kappa shape index (κ1) is 20.0. The maximum Gasteiger partial charge on any atom is 0.272 e. The van der Waals surface area contributed by atoms with E-state index in [4.69, 9.17) is 4.74 Å². The molecule has 29 heavy (non-hydrogen) atoms. The van der Waals surface area contributed by atoms with Crippen molar-refractivity contribution in [2.24, 2.45) is 0 Å². The average Bonchev–Trinajstić information content (AvgIpc) is 2.78. The van der Waals surface area contributed by atoms with Gasteiger partial charge < -0.3 is 15.0 Å². The SMILES string of the molecule is COc1ccccc1NC(=O)c1ccnc(C(=O)N(C)CCc2ccncc2)c1. The van der Waals surface area contributed by atoms with E-state index >= 15 is 0 Å². The molecule has 0 aliphatic heterocycles. The van der Waals surface area contributed by atoms with E-state index in [0.717, 1.165) is 5.56 Å². The highest BCUT2D eigenvalue weighted by molar-refractivity contribution is 6.06. The second kappa shape index (κ2) is 9.45. The van der Waals surface area contributed by atoms with Crippen LogP contribution in [0.1, 0.15) is 26.4 Å². The van der Waals surface area contributed by atoms with Gasteiger partial charge in [0, 0.05) is 37.7 Å². The van der Waals surface area contributed by atoms with Crippen molar-refractivity contribution in [3.63, 3.8) is 0 Å². The molecule has 0 radical (unpaired) electrons. The zero-order chi connectivity index (χ0) is 20.6. The third-order valence-electron chi connectivity index (χ3n) is 4.43. The molecule has 0 saturated carbocycles. The summed E-state index contributed by atoms with van der Waals surface area (Å²) < 4.78 is 5.25. The van der Waals surface area contributed by atoms with Crippen LogP contribution in [-0.2, 0) is 6.42 Å². The lowest BCUT2D eigenvalue weighted by atomic mass is 10.1. The second-order valence-electron chi connectivity index (χ2n) is 6.42. The van der Waals surface area contributed by atoms with Gasteiger partial charge in [0.15, 0.2) is 0 Å². The fraction of sp³-hybridized carbons (Fsp3) is 0.182. The van der Waals surface area contributed by atoms with Crippen LogP contribution in [0.5, 0.6) is 5.75 Å². The monoisotopic (exact) mass is 390 g/mol. The first-order chi connectivity index (χ1) is 14.1. The van der Waals surface area contributed by atoms with Gasteiger partial charge in [-0.3, -0.25) is 19.6 Å². The van der Waals surface area contributed by atoms with Crippen LogP contribution in [0.3, 0.4) is 0 Å². The minimum Gasteiger partial charge on any atom is -0.495 e. The van der Waals surface area contributed by atoms with Crippen LogP contribution in [0.25, 0.3) is 0 Å². The zero-order valence-electron chi connectivity index (χ0n) is 16.3. The van der Waals surface area contributed by atoms with Crippen molar-refractivity contribution in [2.75, 3.05) is 26.0 Å². The minimum atomic E-state index is -0.342. The number of benzene rings is 1. The molecule has 0 unspecified atom stereocenters. The van der Waals surface area contributed by atoms with Gasteiger partial charge >= 0.3 is 0 Å². The van der Waals surface area contributed by atoms with Gasteiger partial charge in [0.05, 0.1) is 12.8 Å². The van der Waals surface area contributed by atoms with Crippen molar-refractivity contribution in [2.45, 2.75) is 6.42 Å². The van der Waals surface area contributed by atoms with Crippen molar-refractivity contribution in [3.05, 3.63) is 83.9 Å². The van der Waals surface area contributed by atoms with Crippen molar-refractivity contribution in [3.8, 4) is 5.75 Å². The first-order valence-electron chi connectivity index (χ1n) is 9.13. The van der Waals surface area contributed by atoms with Gasteiger partial charge in [0.1, 0.15) is 11.4 Å². The van der Waals surface area contributed by atoms with Gasteiger partial charge in [-0.2, -0.15) is 0 Å². The number of nitrogens with zero attached hydrogens (tertiary/aromatic N) is 3. The highest BCUT2D eigenvalue weighted by atomic mass is 16.5. The highest BCUT2D eigenvalue weighted by Crippen LogP contribution is 2.23. The number of amides is 2. The molecule has 0 fully saturated rings. The molecule has 7 heteroatoms. The Hall–Kier alpha value is -3.74. The Morgan fingerprint density at radius 2 is 1.83 bits per heavy atom. The van der Waals surface area contributed by atoms with E-state index in [0.29, 0.717) is 30.0 Å². The highest BCUT2D eigenvalue weighted by Gasteiger charge is 2.16. The van der Waals surface area contributed by atoms with Gasteiger partial charge in [-0.15, -0.1) is 0 Å². The Bertz CT molecular complexity index is 992. The lowest BCUT2D eigenvalue weighted by molar-refractivity contribution is 0.0791. The van der Waals surface area contributed by atoms with Crippen LogP contribution in [0.15, 0.2) is 67.1 Å². The molecule has 0 saturated heterocycles. The summed E-state index contributed by atoms with van der Waals surface area (Å²) in [6, 6.07) is 14.0. The predicted molar refractivity (Wildman–Crippen MR) is 110 cm³/mol. The number of para-hydroxylation sites is 2. The lowest BCUT2D eigenvalue weighted by Crippen LogP contribution is -2.29. The lowest BCUT2D eigenvalue weighted by Gasteiger charge is -2.17. The molecular weight excluding hydrogens is 368 g/mol. The molecule has 3 rings (SSSR count). The number of carbonyl (C=O) groups is 2. The Morgan fingerprint density at radius 1 is 1.07 bits per heavy atom. The van der Waals surface area contributed by atoms with Crippen molar-refractivity contribution in [1.82, 2.24) is 14.9 Å². The molecule has 0 bridgehead atoms. The van der Waals surface area contributed by atoms with Crippen LogP contribution >= 0.6 is 0 Å². The van der Waals surface area contributed by atoms with Crippen LogP contribution in [0.2, 0.25) is 0 Å². The van der Waals surface area contributed by atoms with Gasteiger partial charge in [-0.25, -0.2) is 0 Å². The third-order valence-corrected chi connectivity index (χ3v) is 4.43. The Labute approximate surface area is 169 Å². The number of methoxy groups -OCH3 is 1. The van der Waals surface area contributed by atoms with Gasteiger partial charge in [-0.05, 0) is 48.4 Å². The summed E-state index contributed by atoms with van der Waals surface area (Å²) in [5, 5.41) is 2.80. The Morgan fingerprint density at radius 3 is 2.59 bits per heavy atom. The molecule has 0 aliphatic rings.